The molecule has 98 valence electrons. The molecule has 0 saturated heterocycles. The van der Waals surface area contributed by atoms with Gasteiger partial charge in [-0.3, -0.25) is 14.6 Å². The van der Waals surface area contributed by atoms with Gasteiger partial charge in [0.2, 0.25) is 11.8 Å². The van der Waals surface area contributed by atoms with Gasteiger partial charge in [0, 0.05) is 6.54 Å². The number of nitrogens with one attached hydrogen (secondary N) is 1. The second kappa shape index (κ2) is 6.38. The lowest BCUT2D eigenvalue weighted by Gasteiger charge is -2.20. The molecule has 8 heteroatoms. The average molecular weight is 252 g/mol. The van der Waals surface area contributed by atoms with E-state index in [0.29, 0.717) is 18.2 Å². The summed E-state index contributed by atoms with van der Waals surface area (Å²) < 4.78 is 0. The fraction of sp³-hybridized carbons (Fsp3) is 0.400. The summed E-state index contributed by atoms with van der Waals surface area (Å²) in [6, 6.07) is 0. The summed E-state index contributed by atoms with van der Waals surface area (Å²) in [5.74, 6) is -0.237. The molecule has 0 aliphatic heterocycles. The number of nitrogens with two attached hydrogens (primary N) is 2. The standard InChI is InChI=1S/C10H16N6O2/c1-2-14-9-3-13-4-10(15-9)16(5-7(11)17)6-8(12)18/h3-4H,2,5-6H2,1H3,(H2,11,17)(H2,12,18)(H,14,15). The largest absolute Gasteiger partial charge is 0.369 e. The molecule has 0 fully saturated rings. The van der Waals surface area contributed by atoms with Crippen LogP contribution in [-0.4, -0.2) is 41.4 Å². The maximum Gasteiger partial charge on any atom is 0.237 e. The van der Waals surface area contributed by atoms with Crippen molar-refractivity contribution in [2.45, 2.75) is 6.92 Å². The van der Waals surface area contributed by atoms with Crippen molar-refractivity contribution in [3.8, 4) is 0 Å². The molecule has 0 saturated carbocycles. The number of primary amides is 2. The second-order valence-corrected chi connectivity index (χ2v) is 3.58. The number of aromatic nitrogens is 2. The highest BCUT2D eigenvalue weighted by Gasteiger charge is 2.14. The Morgan fingerprint density at radius 1 is 1.28 bits per heavy atom. The van der Waals surface area contributed by atoms with Crippen LogP contribution in [0.3, 0.4) is 0 Å². The molecular weight excluding hydrogens is 236 g/mol. The lowest BCUT2D eigenvalue weighted by atomic mass is 10.4. The number of rotatable bonds is 7. The first-order valence-electron chi connectivity index (χ1n) is 5.40. The monoisotopic (exact) mass is 252 g/mol. The van der Waals surface area contributed by atoms with Gasteiger partial charge in [-0.1, -0.05) is 0 Å². The fourth-order valence-corrected chi connectivity index (χ4v) is 1.37. The van der Waals surface area contributed by atoms with Crippen LogP contribution in [0.2, 0.25) is 0 Å². The number of hydrogen-bond donors (Lipinski definition) is 3. The number of anilines is 2. The first-order valence-corrected chi connectivity index (χ1v) is 5.40. The van der Waals surface area contributed by atoms with Crippen LogP contribution in [-0.2, 0) is 9.59 Å². The fourth-order valence-electron chi connectivity index (χ4n) is 1.37. The minimum atomic E-state index is -0.577. The van der Waals surface area contributed by atoms with E-state index in [0.717, 1.165) is 0 Å². The number of hydrogen-bond acceptors (Lipinski definition) is 6. The first kappa shape index (κ1) is 13.7. The van der Waals surface area contributed by atoms with E-state index in [9.17, 15) is 9.59 Å². The van der Waals surface area contributed by atoms with Crippen molar-refractivity contribution in [1.29, 1.82) is 0 Å². The smallest absolute Gasteiger partial charge is 0.237 e. The molecule has 0 aliphatic carbocycles. The highest BCUT2D eigenvalue weighted by Crippen LogP contribution is 2.11. The minimum Gasteiger partial charge on any atom is -0.369 e. The summed E-state index contributed by atoms with van der Waals surface area (Å²) in [5, 5.41) is 2.98. The van der Waals surface area contributed by atoms with Crippen molar-refractivity contribution in [2.75, 3.05) is 29.9 Å². The third-order valence-corrected chi connectivity index (χ3v) is 2.00. The van der Waals surface area contributed by atoms with Crippen LogP contribution in [0.5, 0.6) is 0 Å². The maximum atomic E-state index is 10.9. The number of nitrogens with zero attached hydrogens (tertiary/aromatic N) is 3. The van der Waals surface area contributed by atoms with E-state index in [4.69, 9.17) is 11.5 Å². The van der Waals surface area contributed by atoms with Gasteiger partial charge in [-0.05, 0) is 6.92 Å². The molecule has 8 nitrogen and oxygen atoms in total. The zero-order valence-electron chi connectivity index (χ0n) is 10.1. The Morgan fingerprint density at radius 2 is 1.89 bits per heavy atom. The molecule has 0 bridgehead atoms. The quantitative estimate of drug-likeness (QED) is 0.552. The van der Waals surface area contributed by atoms with E-state index in [-0.39, 0.29) is 13.1 Å². The van der Waals surface area contributed by atoms with Gasteiger partial charge in [0.25, 0.3) is 0 Å². The summed E-state index contributed by atoms with van der Waals surface area (Å²) in [6.45, 7) is 2.31. The zero-order chi connectivity index (χ0) is 13.5. The highest BCUT2D eigenvalue weighted by molar-refractivity contribution is 5.84. The molecule has 1 heterocycles. The van der Waals surface area contributed by atoms with Crippen LogP contribution < -0.4 is 21.7 Å². The SMILES string of the molecule is CCNc1cncc(N(CC(N)=O)CC(N)=O)n1. The predicted molar refractivity (Wildman–Crippen MR) is 66.8 cm³/mol. The molecule has 1 aromatic rings. The van der Waals surface area contributed by atoms with E-state index >= 15 is 0 Å². The molecule has 1 rings (SSSR count). The Balaban J connectivity index is 2.92. The Bertz CT molecular complexity index is 420. The van der Waals surface area contributed by atoms with Gasteiger partial charge < -0.3 is 21.7 Å². The van der Waals surface area contributed by atoms with Crippen molar-refractivity contribution in [3.63, 3.8) is 0 Å². The molecule has 0 unspecified atom stereocenters. The Labute approximate surface area is 104 Å². The van der Waals surface area contributed by atoms with Crippen LogP contribution in [0.15, 0.2) is 12.4 Å². The number of carbonyl (C=O) groups is 2. The summed E-state index contributed by atoms with van der Waals surface area (Å²) in [6.07, 6.45) is 2.98. The van der Waals surface area contributed by atoms with Crippen LogP contribution in [0, 0.1) is 0 Å². The van der Waals surface area contributed by atoms with Crippen LogP contribution in [0.25, 0.3) is 0 Å². The van der Waals surface area contributed by atoms with E-state index in [1.807, 2.05) is 6.92 Å². The van der Waals surface area contributed by atoms with Crippen molar-refractivity contribution in [3.05, 3.63) is 12.4 Å². The summed E-state index contributed by atoms with van der Waals surface area (Å²) >= 11 is 0. The normalized spacial score (nSPS) is 9.83. The van der Waals surface area contributed by atoms with Gasteiger partial charge >= 0.3 is 0 Å². The molecular formula is C10H16N6O2. The van der Waals surface area contributed by atoms with Gasteiger partial charge in [-0.2, -0.15) is 0 Å². The summed E-state index contributed by atoms with van der Waals surface area (Å²) in [5.41, 5.74) is 10.2. The Morgan fingerprint density at radius 3 is 2.39 bits per heavy atom. The summed E-state index contributed by atoms with van der Waals surface area (Å²) in [4.78, 5) is 31.4. The molecule has 0 aromatic carbocycles. The van der Waals surface area contributed by atoms with Crippen LogP contribution in [0.1, 0.15) is 6.92 Å². The van der Waals surface area contributed by atoms with Gasteiger partial charge in [-0.25, -0.2) is 4.98 Å². The molecule has 5 N–H and O–H groups in total. The Hall–Kier alpha value is -2.38. The molecule has 1 aromatic heterocycles. The topological polar surface area (TPSA) is 127 Å². The van der Waals surface area contributed by atoms with E-state index in [2.05, 4.69) is 15.3 Å². The lowest BCUT2D eigenvalue weighted by Crippen LogP contribution is -2.40. The van der Waals surface area contributed by atoms with E-state index in [1.165, 1.54) is 11.1 Å². The molecule has 0 aliphatic rings. The highest BCUT2D eigenvalue weighted by atomic mass is 16.2. The molecule has 18 heavy (non-hydrogen) atoms. The number of carbonyl (C=O) groups excluding carboxylic acids is 2. The van der Waals surface area contributed by atoms with Gasteiger partial charge in [0.05, 0.1) is 25.5 Å². The molecule has 2 amide bonds. The lowest BCUT2D eigenvalue weighted by molar-refractivity contribution is -0.117. The van der Waals surface area contributed by atoms with Crippen molar-refractivity contribution in [2.24, 2.45) is 11.5 Å². The predicted octanol–water partition coefficient (Wildman–Crippen LogP) is -1.31. The van der Waals surface area contributed by atoms with Gasteiger partial charge in [0.15, 0.2) is 0 Å². The van der Waals surface area contributed by atoms with E-state index in [1.54, 1.807) is 6.20 Å². The molecule has 0 atom stereocenters. The average Bonchev–Trinajstić information content (AvgIpc) is 2.28. The third kappa shape index (κ3) is 4.24. The Kier molecular flexibility index (Phi) is 4.85. The van der Waals surface area contributed by atoms with Crippen molar-refractivity contribution >= 4 is 23.5 Å². The number of amides is 2. The van der Waals surface area contributed by atoms with Gasteiger partial charge in [0.1, 0.15) is 11.6 Å². The molecule has 0 radical (unpaired) electrons. The van der Waals surface area contributed by atoms with Crippen LogP contribution >= 0.6 is 0 Å². The maximum absolute atomic E-state index is 10.9. The second-order valence-electron chi connectivity index (χ2n) is 3.58. The summed E-state index contributed by atoms with van der Waals surface area (Å²) in [7, 11) is 0. The zero-order valence-corrected chi connectivity index (χ0v) is 10.1. The third-order valence-electron chi connectivity index (χ3n) is 2.00. The van der Waals surface area contributed by atoms with Crippen molar-refractivity contribution in [1.82, 2.24) is 9.97 Å². The minimum absolute atomic E-state index is 0.146. The van der Waals surface area contributed by atoms with Crippen molar-refractivity contribution < 1.29 is 9.59 Å². The first-order chi connectivity index (χ1) is 8.52. The van der Waals surface area contributed by atoms with E-state index < -0.39 is 11.8 Å². The van der Waals surface area contributed by atoms with Gasteiger partial charge in [-0.15, -0.1) is 0 Å². The van der Waals surface area contributed by atoms with Crippen LogP contribution in [0.4, 0.5) is 11.6 Å². The molecule has 0 spiro atoms.